The van der Waals surface area contributed by atoms with Crippen molar-refractivity contribution in [1.29, 1.82) is 0 Å². The number of carboxylic acid groups (broad SMARTS) is 1. The van der Waals surface area contributed by atoms with Crippen LogP contribution in [0.4, 0.5) is 4.39 Å². The molecular weight excluding hydrogens is 251 g/mol. The number of hydrogen-bond donors (Lipinski definition) is 1. The van der Waals surface area contributed by atoms with E-state index in [-0.39, 0.29) is 11.1 Å². The molecule has 0 radical (unpaired) electrons. The number of aromatic nitrogens is 3. The standard InChI is InChI=1S/C12H13FN4O2/c1-16-4-7(5-16)6-17-11-9(14-15-17)3-2-8(13)10(11)12(18)19/h2-3,7H,4-6H2,1H3,(H,18,19). The maximum atomic E-state index is 13.7. The molecule has 0 unspecified atom stereocenters. The summed E-state index contributed by atoms with van der Waals surface area (Å²) in [7, 11) is 2.01. The molecule has 0 bridgehead atoms. The number of aromatic carboxylic acids is 1. The largest absolute Gasteiger partial charge is 0.478 e. The van der Waals surface area contributed by atoms with E-state index in [0.717, 1.165) is 19.2 Å². The van der Waals surface area contributed by atoms with Crippen molar-refractivity contribution in [2.45, 2.75) is 6.54 Å². The Balaban J connectivity index is 2.05. The van der Waals surface area contributed by atoms with Gasteiger partial charge in [0.25, 0.3) is 0 Å². The predicted molar refractivity (Wildman–Crippen MR) is 65.4 cm³/mol. The minimum absolute atomic E-state index is 0.266. The molecule has 2 heterocycles. The summed E-state index contributed by atoms with van der Waals surface area (Å²) in [5.74, 6) is -1.65. The SMILES string of the molecule is CN1CC(Cn2nnc3ccc(F)c(C(=O)O)c32)C1. The minimum atomic E-state index is -1.29. The van der Waals surface area contributed by atoms with Gasteiger partial charge in [-0.1, -0.05) is 5.21 Å². The minimum Gasteiger partial charge on any atom is -0.478 e. The number of nitrogens with zero attached hydrogens (tertiary/aromatic N) is 4. The van der Waals surface area contributed by atoms with Gasteiger partial charge in [0, 0.05) is 25.6 Å². The van der Waals surface area contributed by atoms with E-state index in [4.69, 9.17) is 5.11 Å². The van der Waals surface area contributed by atoms with Crippen LogP contribution in [0.2, 0.25) is 0 Å². The lowest BCUT2D eigenvalue weighted by molar-refractivity contribution is 0.0693. The van der Waals surface area contributed by atoms with Crippen LogP contribution in [-0.2, 0) is 6.54 Å². The quantitative estimate of drug-likeness (QED) is 0.889. The third-order valence-electron chi connectivity index (χ3n) is 3.41. The second kappa shape index (κ2) is 4.27. The summed E-state index contributed by atoms with van der Waals surface area (Å²) >= 11 is 0. The Labute approximate surface area is 108 Å². The molecule has 2 aromatic rings. The van der Waals surface area contributed by atoms with E-state index in [1.807, 2.05) is 7.05 Å². The zero-order chi connectivity index (χ0) is 13.6. The molecule has 1 aliphatic rings. The van der Waals surface area contributed by atoms with Crippen molar-refractivity contribution in [1.82, 2.24) is 19.9 Å². The van der Waals surface area contributed by atoms with Crippen LogP contribution in [-0.4, -0.2) is 51.1 Å². The Bertz CT molecular complexity index is 648. The first-order chi connectivity index (χ1) is 9.06. The highest BCUT2D eigenvalue weighted by molar-refractivity contribution is 6.01. The molecule has 1 saturated heterocycles. The Hall–Kier alpha value is -2.02. The summed E-state index contributed by atoms with van der Waals surface area (Å²) in [5.41, 5.74) is 0.323. The molecule has 0 aliphatic carbocycles. The molecule has 1 aromatic carbocycles. The summed E-state index contributed by atoms with van der Waals surface area (Å²) in [4.78, 5) is 13.3. The van der Waals surface area contributed by atoms with Gasteiger partial charge in [0.05, 0.1) is 0 Å². The van der Waals surface area contributed by atoms with Crippen molar-refractivity contribution in [2.75, 3.05) is 20.1 Å². The van der Waals surface area contributed by atoms with E-state index < -0.39 is 11.8 Å². The lowest BCUT2D eigenvalue weighted by Gasteiger charge is -2.36. The van der Waals surface area contributed by atoms with Crippen molar-refractivity contribution in [2.24, 2.45) is 5.92 Å². The summed E-state index contributed by atoms with van der Waals surface area (Å²) < 4.78 is 15.2. The normalized spacial score (nSPS) is 16.7. The van der Waals surface area contributed by atoms with Crippen LogP contribution in [0.15, 0.2) is 12.1 Å². The van der Waals surface area contributed by atoms with Crippen LogP contribution in [0.5, 0.6) is 0 Å². The Morgan fingerprint density at radius 2 is 2.26 bits per heavy atom. The number of likely N-dealkylation sites (tertiary alicyclic amines) is 1. The number of hydrogen-bond acceptors (Lipinski definition) is 4. The smallest absolute Gasteiger partial charge is 0.340 e. The third-order valence-corrected chi connectivity index (χ3v) is 3.41. The van der Waals surface area contributed by atoms with Crippen molar-refractivity contribution in [3.8, 4) is 0 Å². The molecule has 0 saturated carbocycles. The van der Waals surface area contributed by atoms with Crippen LogP contribution in [0, 0.1) is 11.7 Å². The van der Waals surface area contributed by atoms with Crippen LogP contribution in [0.1, 0.15) is 10.4 Å². The molecule has 3 rings (SSSR count). The lowest BCUT2D eigenvalue weighted by Crippen LogP contribution is -2.45. The number of carboxylic acids is 1. The summed E-state index contributed by atoms with van der Waals surface area (Å²) in [6.07, 6.45) is 0. The van der Waals surface area contributed by atoms with Crippen molar-refractivity contribution in [3.63, 3.8) is 0 Å². The van der Waals surface area contributed by atoms with Gasteiger partial charge in [-0.15, -0.1) is 5.10 Å². The second-order valence-electron chi connectivity index (χ2n) is 4.95. The van der Waals surface area contributed by atoms with Gasteiger partial charge in [0.1, 0.15) is 22.4 Å². The summed E-state index contributed by atoms with van der Waals surface area (Å²) in [5, 5.41) is 17.0. The molecule has 1 aliphatic heterocycles. The molecule has 0 spiro atoms. The van der Waals surface area contributed by atoms with Gasteiger partial charge in [-0.25, -0.2) is 13.9 Å². The van der Waals surface area contributed by atoms with Crippen LogP contribution in [0.3, 0.4) is 0 Å². The Kier molecular flexibility index (Phi) is 2.70. The van der Waals surface area contributed by atoms with E-state index >= 15 is 0 Å². The van der Waals surface area contributed by atoms with E-state index in [1.165, 1.54) is 10.7 Å². The molecule has 7 heteroatoms. The molecular formula is C12H13FN4O2. The predicted octanol–water partition coefficient (Wildman–Crippen LogP) is 0.830. The number of halogens is 1. The average Bonchev–Trinajstić information content (AvgIpc) is 2.70. The Morgan fingerprint density at radius 1 is 1.53 bits per heavy atom. The first-order valence-electron chi connectivity index (χ1n) is 6.00. The highest BCUT2D eigenvalue weighted by Crippen LogP contribution is 2.23. The highest BCUT2D eigenvalue weighted by atomic mass is 19.1. The van der Waals surface area contributed by atoms with Gasteiger partial charge in [-0.05, 0) is 19.2 Å². The van der Waals surface area contributed by atoms with Gasteiger partial charge < -0.3 is 10.0 Å². The van der Waals surface area contributed by atoms with E-state index in [9.17, 15) is 9.18 Å². The Morgan fingerprint density at radius 3 is 2.89 bits per heavy atom. The molecule has 1 fully saturated rings. The number of benzene rings is 1. The fourth-order valence-corrected chi connectivity index (χ4v) is 2.56. The third kappa shape index (κ3) is 1.95. The monoisotopic (exact) mass is 264 g/mol. The van der Waals surface area contributed by atoms with E-state index in [0.29, 0.717) is 18.0 Å². The highest BCUT2D eigenvalue weighted by Gasteiger charge is 2.26. The zero-order valence-electron chi connectivity index (χ0n) is 10.4. The van der Waals surface area contributed by atoms with Crippen LogP contribution < -0.4 is 0 Å². The first-order valence-corrected chi connectivity index (χ1v) is 6.00. The lowest BCUT2D eigenvalue weighted by atomic mass is 10.0. The van der Waals surface area contributed by atoms with Crippen molar-refractivity contribution < 1.29 is 14.3 Å². The maximum absolute atomic E-state index is 13.7. The molecule has 1 aromatic heterocycles. The topological polar surface area (TPSA) is 71.2 Å². The summed E-state index contributed by atoms with van der Waals surface area (Å²) in [6, 6.07) is 2.56. The van der Waals surface area contributed by atoms with Crippen LogP contribution in [0.25, 0.3) is 11.0 Å². The summed E-state index contributed by atoms with van der Waals surface area (Å²) in [6.45, 7) is 2.42. The first kappa shape index (κ1) is 12.0. The molecule has 1 N–H and O–H groups in total. The number of carbonyl (C=O) groups is 1. The maximum Gasteiger partial charge on any atom is 0.340 e. The van der Waals surface area contributed by atoms with Gasteiger partial charge in [-0.2, -0.15) is 0 Å². The number of fused-ring (bicyclic) bond motifs is 1. The van der Waals surface area contributed by atoms with Crippen LogP contribution >= 0.6 is 0 Å². The second-order valence-corrected chi connectivity index (χ2v) is 4.95. The molecule has 19 heavy (non-hydrogen) atoms. The van der Waals surface area contributed by atoms with Crippen molar-refractivity contribution >= 4 is 17.0 Å². The number of rotatable bonds is 3. The van der Waals surface area contributed by atoms with Gasteiger partial charge in [0.15, 0.2) is 0 Å². The van der Waals surface area contributed by atoms with E-state index in [1.54, 1.807) is 0 Å². The fourth-order valence-electron chi connectivity index (χ4n) is 2.56. The van der Waals surface area contributed by atoms with Gasteiger partial charge in [0.2, 0.25) is 0 Å². The zero-order valence-corrected chi connectivity index (χ0v) is 10.4. The molecule has 6 nitrogen and oxygen atoms in total. The van der Waals surface area contributed by atoms with Gasteiger partial charge in [-0.3, -0.25) is 0 Å². The molecule has 100 valence electrons. The average molecular weight is 264 g/mol. The van der Waals surface area contributed by atoms with E-state index in [2.05, 4.69) is 15.2 Å². The molecule has 0 amide bonds. The van der Waals surface area contributed by atoms with Gasteiger partial charge >= 0.3 is 5.97 Å². The molecule has 0 atom stereocenters. The van der Waals surface area contributed by atoms with Crippen molar-refractivity contribution in [3.05, 3.63) is 23.5 Å². The fraction of sp³-hybridized carbons (Fsp3) is 0.417.